The first-order chi connectivity index (χ1) is 9.75. The molecule has 0 aliphatic carbocycles. The van der Waals surface area contributed by atoms with Crippen molar-refractivity contribution in [2.45, 2.75) is 26.7 Å². The van der Waals surface area contributed by atoms with Crippen molar-refractivity contribution in [2.24, 2.45) is 0 Å². The Bertz CT molecular complexity index is 602. The number of carbonyl (C=O) groups excluding carboxylic acids is 1. The largest absolute Gasteiger partial charge is 0.355 e. The molecule has 7 heteroatoms. The monoisotopic (exact) mass is 332 g/mol. The van der Waals surface area contributed by atoms with Crippen molar-refractivity contribution in [3.63, 3.8) is 0 Å². The standard InChI is InChI=1S/C14H21ClN2O3S/c1-4-5-8-16-14(18)10-17(21(3,19)20)13-7-6-12(15)9-11(13)2/h6-7,9H,4-5,8,10H2,1-3H3,(H,16,18). The van der Waals surface area contributed by atoms with E-state index in [0.29, 0.717) is 22.8 Å². The summed E-state index contributed by atoms with van der Waals surface area (Å²) in [5, 5.41) is 3.24. The Hall–Kier alpha value is -1.27. The lowest BCUT2D eigenvalue weighted by Crippen LogP contribution is -2.41. The number of unbranched alkanes of at least 4 members (excludes halogenated alkanes) is 1. The molecule has 0 saturated heterocycles. The van der Waals surface area contributed by atoms with E-state index in [1.165, 1.54) is 0 Å². The molecule has 0 aliphatic heterocycles. The zero-order valence-electron chi connectivity index (χ0n) is 12.5. The molecule has 0 atom stereocenters. The van der Waals surface area contributed by atoms with Crippen molar-refractivity contribution in [2.75, 3.05) is 23.7 Å². The Balaban J connectivity index is 2.95. The lowest BCUT2D eigenvalue weighted by molar-refractivity contribution is -0.119. The van der Waals surface area contributed by atoms with Crippen molar-refractivity contribution in [1.82, 2.24) is 5.32 Å². The van der Waals surface area contributed by atoms with E-state index >= 15 is 0 Å². The number of amides is 1. The quantitative estimate of drug-likeness (QED) is 0.779. The van der Waals surface area contributed by atoms with Crippen molar-refractivity contribution >= 4 is 33.2 Å². The fourth-order valence-corrected chi connectivity index (χ4v) is 3.01. The lowest BCUT2D eigenvalue weighted by atomic mass is 10.2. The van der Waals surface area contributed by atoms with Gasteiger partial charge in [-0.25, -0.2) is 8.42 Å². The fourth-order valence-electron chi connectivity index (χ4n) is 1.87. The molecule has 5 nitrogen and oxygen atoms in total. The van der Waals surface area contributed by atoms with Crippen LogP contribution in [0.2, 0.25) is 5.02 Å². The number of aryl methyl sites for hydroxylation is 1. The summed E-state index contributed by atoms with van der Waals surface area (Å²) in [4.78, 5) is 11.9. The number of halogens is 1. The minimum absolute atomic E-state index is 0.231. The van der Waals surface area contributed by atoms with Crippen LogP contribution in [0.3, 0.4) is 0 Å². The molecule has 0 aliphatic rings. The molecule has 0 heterocycles. The molecule has 1 aromatic carbocycles. The van der Waals surface area contributed by atoms with Gasteiger partial charge < -0.3 is 5.32 Å². The number of sulfonamides is 1. The van der Waals surface area contributed by atoms with Crippen LogP contribution in [0.5, 0.6) is 0 Å². The summed E-state index contributed by atoms with van der Waals surface area (Å²) < 4.78 is 25.0. The Morgan fingerprint density at radius 3 is 2.57 bits per heavy atom. The molecule has 0 radical (unpaired) electrons. The Labute approximate surface area is 131 Å². The number of anilines is 1. The number of nitrogens with one attached hydrogen (secondary N) is 1. The highest BCUT2D eigenvalue weighted by molar-refractivity contribution is 7.92. The van der Waals surface area contributed by atoms with Gasteiger partial charge in [0.05, 0.1) is 11.9 Å². The van der Waals surface area contributed by atoms with E-state index in [1.54, 1.807) is 25.1 Å². The highest BCUT2D eigenvalue weighted by atomic mass is 35.5. The van der Waals surface area contributed by atoms with E-state index in [-0.39, 0.29) is 12.5 Å². The molecule has 1 rings (SSSR count). The molecule has 1 aromatic rings. The summed E-state index contributed by atoms with van der Waals surface area (Å²) >= 11 is 5.88. The fraction of sp³-hybridized carbons (Fsp3) is 0.500. The number of hydrogen-bond donors (Lipinski definition) is 1. The summed E-state index contributed by atoms with van der Waals surface area (Å²) in [5.74, 6) is -0.316. The van der Waals surface area contributed by atoms with Crippen LogP contribution in [0.4, 0.5) is 5.69 Å². The Kier molecular flexibility index (Phi) is 6.48. The molecule has 0 fully saturated rings. The average molecular weight is 333 g/mol. The van der Waals surface area contributed by atoms with Gasteiger partial charge >= 0.3 is 0 Å². The maximum absolute atomic E-state index is 11.9. The summed E-state index contributed by atoms with van der Waals surface area (Å²) in [5.41, 5.74) is 1.17. The second kappa shape index (κ2) is 7.66. The normalized spacial score (nSPS) is 11.2. The molecule has 21 heavy (non-hydrogen) atoms. The van der Waals surface area contributed by atoms with Crippen molar-refractivity contribution in [3.05, 3.63) is 28.8 Å². The Morgan fingerprint density at radius 1 is 1.38 bits per heavy atom. The van der Waals surface area contributed by atoms with Crippen LogP contribution in [0, 0.1) is 6.92 Å². The van der Waals surface area contributed by atoms with Crippen LogP contribution in [-0.4, -0.2) is 33.7 Å². The average Bonchev–Trinajstić information content (AvgIpc) is 2.36. The van der Waals surface area contributed by atoms with Crippen molar-refractivity contribution < 1.29 is 13.2 Å². The second-order valence-electron chi connectivity index (χ2n) is 4.90. The maximum atomic E-state index is 11.9. The molecule has 0 unspecified atom stereocenters. The second-order valence-corrected chi connectivity index (χ2v) is 7.25. The van der Waals surface area contributed by atoms with Crippen molar-refractivity contribution in [1.29, 1.82) is 0 Å². The topological polar surface area (TPSA) is 66.5 Å². The zero-order chi connectivity index (χ0) is 16.0. The van der Waals surface area contributed by atoms with Crippen LogP contribution in [0.25, 0.3) is 0 Å². The van der Waals surface area contributed by atoms with Gasteiger partial charge in [-0.1, -0.05) is 24.9 Å². The Morgan fingerprint density at radius 2 is 2.05 bits per heavy atom. The minimum Gasteiger partial charge on any atom is -0.355 e. The van der Waals surface area contributed by atoms with Crippen LogP contribution in [0.1, 0.15) is 25.3 Å². The van der Waals surface area contributed by atoms with E-state index in [1.807, 2.05) is 6.92 Å². The summed E-state index contributed by atoms with van der Waals surface area (Å²) in [6.45, 7) is 4.10. The molecule has 0 spiro atoms. The highest BCUT2D eigenvalue weighted by Gasteiger charge is 2.22. The number of hydrogen-bond acceptors (Lipinski definition) is 3. The molecule has 1 amide bonds. The van der Waals surface area contributed by atoms with E-state index in [2.05, 4.69) is 5.32 Å². The highest BCUT2D eigenvalue weighted by Crippen LogP contribution is 2.25. The van der Waals surface area contributed by atoms with Gasteiger partial charge in [-0.2, -0.15) is 0 Å². The first kappa shape index (κ1) is 17.8. The predicted molar refractivity (Wildman–Crippen MR) is 86.3 cm³/mol. The summed E-state index contributed by atoms with van der Waals surface area (Å²) in [7, 11) is -3.55. The summed E-state index contributed by atoms with van der Waals surface area (Å²) in [6.07, 6.45) is 2.91. The van der Waals surface area contributed by atoms with Gasteiger partial charge in [0.2, 0.25) is 15.9 Å². The zero-order valence-corrected chi connectivity index (χ0v) is 14.1. The minimum atomic E-state index is -3.55. The van der Waals surface area contributed by atoms with Gasteiger partial charge in [0, 0.05) is 11.6 Å². The van der Waals surface area contributed by atoms with Gasteiger partial charge in [-0.3, -0.25) is 9.10 Å². The van der Waals surface area contributed by atoms with Crippen molar-refractivity contribution in [3.8, 4) is 0 Å². The van der Waals surface area contributed by atoms with Gasteiger partial charge in [0.1, 0.15) is 6.54 Å². The van der Waals surface area contributed by atoms with Crippen LogP contribution >= 0.6 is 11.6 Å². The third-order valence-electron chi connectivity index (χ3n) is 2.97. The molecular formula is C14H21ClN2O3S. The smallest absolute Gasteiger partial charge is 0.240 e. The number of benzene rings is 1. The van der Waals surface area contributed by atoms with Crippen LogP contribution in [0.15, 0.2) is 18.2 Å². The van der Waals surface area contributed by atoms with Gasteiger partial charge in [0.25, 0.3) is 0 Å². The van der Waals surface area contributed by atoms with Crippen LogP contribution < -0.4 is 9.62 Å². The van der Waals surface area contributed by atoms with Gasteiger partial charge in [0.15, 0.2) is 0 Å². The van der Waals surface area contributed by atoms with E-state index in [4.69, 9.17) is 11.6 Å². The molecular weight excluding hydrogens is 312 g/mol. The van der Waals surface area contributed by atoms with E-state index in [9.17, 15) is 13.2 Å². The number of carbonyl (C=O) groups is 1. The SMILES string of the molecule is CCCCNC(=O)CN(c1ccc(Cl)cc1C)S(C)(=O)=O. The van der Waals surface area contributed by atoms with E-state index in [0.717, 1.165) is 23.4 Å². The first-order valence-electron chi connectivity index (χ1n) is 6.76. The summed E-state index contributed by atoms with van der Waals surface area (Å²) in [6, 6.07) is 4.89. The van der Waals surface area contributed by atoms with E-state index < -0.39 is 10.0 Å². The number of nitrogens with zero attached hydrogens (tertiary/aromatic N) is 1. The van der Waals surface area contributed by atoms with Gasteiger partial charge in [-0.15, -0.1) is 0 Å². The third-order valence-corrected chi connectivity index (χ3v) is 4.33. The molecule has 118 valence electrons. The van der Waals surface area contributed by atoms with Crippen LogP contribution in [-0.2, 0) is 14.8 Å². The molecule has 1 N–H and O–H groups in total. The molecule has 0 aromatic heterocycles. The molecule has 0 bridgehead atoms. The maximum Gasteiger partial charge on any atom is 0.240 e. The number of rotatable bonds is 7. The molecule has 0 saturated carbocycles. The first-order valence-corrected chi connectivity index (χ1v) is 8.99. The lowest BCUT2D eigenvalue weighted by Gasteiger charge is -2.23. The van der Waals surface area contributed by atoms with Gasteiger partial charge in [-0.05, 0) is 37.1 Å². The predicted octanol–water partition coefficient (Wildman–Crippen LogP) is 2.33. The third kappa shape index (κ3) is 5.55.